The zero-order chi connectivity index (χ0) is 15.4. The van der Waals surface area contributed by atoms with Gasteiger partial charge in [-0.1, -0.05) is 6.07 Å². The van der Waals surface area contributed by atoms with E-state index in [0.29, 0.717) is 4.47 Å². The van der Waals surface area contributed by atoms with Gasteiger partial charge in [0.15, 0.2) is 12.4 Å². The minimum Gasteiger partial charge on any atom is -0.478 e. The van der Waals surface area contributed by atoms with E-state index in [2.05, 4.69) is 15.9 Å². The van der Waals surface area contributed by atoms with Crippen LogP contribution in [0.2, 0.25) is 0 Å². The Balaban J connectivity index is 2.15. The van der Waals surface area contributed by atoms with E-state index in [0.717, 1.165) is 12.1 Å². The monoisotopic (exact) mass is 353 g/mol. The number of carbonyl (C=O) groups is 1. The average Bonchev–Trinajstić information content (AvgIpc) is 2.46. The molecule has 0 radical (unpaired) electrons. The molecular formula is C14H9BrFNO4. The topological polar surface area (TPSA) is 69.4 Å². The first kappa shape index (κ1) is 15.1. The molecule has 0 unspecified atom stereocenters. The Labute approximate surface area is 127 Å². The van der Waals surface area contributed by atoms with E-state index in [9.17, 15) is 19.3 Å². The minimum absolute atomic E-state index is 0.0158. The van der Waals surface area contributed by atoms with Crippen molar-refractivity contribution in [1.82, 2.24) is 0 Å². The molecule has 0 heterocycles. The third-order valence-electron chi connectivity index (χ3n) is 2.66. The Morgan fingerprint density at radius 1 is 1.24 bits per heavy atom. The molecule has 0 amide bonds. The van der Waals surface area contributed by atoms with Crippen molar-refractivity contribution < 1.29 is 18.8 Å². The van der Waals surface area contributed by atoms with Crippen LogP contribution in [0.1, 0.15) is 10.4 Å². The van der Waals surface area contributed by atoms with Crippen LogP contribution in [0.15, 0.2) is 46.9 Å². The van der Waals surface area contributed by atoms with Crippen molar-refractivity contribution in [3.8, 4) is 5.75 Å². The number of halogens is 2. The summed E-state index contributed by atoms with van der Waals surface area (Å²) in [4.78, 5) is 22.2. The lowest BCUT2D eigenvalue weighted by Gasteiger charge is -2.08. The summed E-state index contributed by atoms with van der Waals surface area (Å²) in [5.41, 5.74) is 0.0300. The fraction of sp³-hybridized carbons (Fsp3) is 0.0714. The molecule has 5 nitrogen and oxygen atoms in total. The largest absolute Gasteiger partial charge is 0.478 e. The highest BCUT2D eigenvalue weighted by atomic mass is 79.9. The SMILES string of the molecule is O=C(COc1c(Br)cccc1[N+](=O)[O-])c1ccc(F)cc1. The van der Waals surface area contributed by atoms with Gasteiger partial charge >= 0.3 is 5.69 Å². The first-order chi connectivity index (χ1) is 9.99. The summed E-state index contributed by atoms with van der Waals surface area (Å²) in [6.45, 7) is -0.380. The molecule has 0 aliphatic heterocycles. The Kier molecular flexibility index (Phi) is 4.64. The van der Waals surface area contributed by atoms with Crippen molar-refractivity contribution in [2.45, 2.75) is 0 Å². The van der Waals surface area contributed by atoms with Gasteiger partial charge < -0.3 is 4.74 Å². The molecular weight excluding hydrogens is 345 g/mol. The highest BCUT2D eigenvalue weighted by Crippen LogP contribution is 2.34. The van der Waals surface area contributed by atoms with Gasteiger partial charge in [0.05, 0.1) is 9.40 Å². The Morgan fingerprint density at radius 2 is 1.90 bits per heavy atom. The Morgan fingerprint density at radius 3 is 2.52 bits per heavy atom. The number of hydrogen-bond donors (Lipinski definition) is 0. The van der Waals surface area contributed by atoms with Gasteiger partial charge in [-0.2, -0.15) is 0 Å². The first-order valence-corrected chi connectivity index (χ1v) is 6.63. The maximum atomic E-state index is 12.8. The molecule has 0 aliphatic rings. The van der Waals surface area contributed by atoms with Crippen LogP contribution in [0.25, 0.3) is 0 Å². The summed E-state index contributed by atoms with van der Waals surface area (Å²) in [5, 5.41) is 10.9. The van der Waals surface area contributed by atoms with Gasteiger partial charge in [0, 0.05) is 11.6 Å². The maximum Gasteiger partial charge on any atom is 0.312 e. The van der Waals surface area contributed by atoms with Crippen LogP contribution in [0.4, 0.5) is 10.1 Å². The van der Waals surface area contributed by atoms with Gasteiger partial charge in [-0.25, -0.2) is 4.39 Å². The van der Waals surface area contributed by atoms with Crippen LogP contribution in [-0.2, 0) is 0 Å². The number of carbonyl (C=O) groups excluding carboxylic acids is 1. The fourth-order valence-electron chi connectivity index (χ4n) is 1.64. The standard InChI is InChI=1S/C14H9BrFNO4/c15-11-2-1-3-12(17(19)20)14(11)21-8-13(18)9-4-6-10(16)7-5-9/h1-7H,8H2. The van der Waals surface area contributed by atoms with E-state index in [1.807, 2.05) is 0 Å². The molecule has 2 aromatic rings. The van der Waals surface area contributed by atoms with Crippen molar-refractivity contribution in [2.75, 3.05) is 6.61 Å². The van der Waals surface area contributed by atoms with E-state index in [1.165, 1.54) is 24.3 Å². The predicted octanol–water partition coefficient (Wildman–Crippen LogP) is 3.76. The zero-order valence-electron chi connectivity index (χ0n) is 10.6. The summed E-state index contributed by atoms with van der Waals surface area (Å²) in [7, 11) is 0. The van der Waals surface area contributed by atoms with Gasteiger partial charge in [-0.15, -0.1) is 0 Å². The molecule has 0 aliphatic carbocycles. The number of benzene rings is 2. The van der Waals surface area contributed by atoms with Crippen molar-refractivity contribution >= 4 is 27.4 Å². The summed E-state index contributed by atoms with van der Waals surface area (Å²) < 4.78 is 18.4. The minimum atomic E-state index is -0.595. The first-order valence-electron chi connectivity index (χ1n) is 5.83. The second-order valence-corrected chi connectivity index (χ2v) is 4.92. The second-order valence-electron chi connectivity index (χ2n) is 4.06. The van der Waals surface area contributed by atoms with Gasteiger partial charge in [-0.05, 0) is 46.3 Å². The number of ether oxygens (including phenoxy) is 1. The number of nitrogens with zero attached hydrogens (tertiary/aromatic N) is 1. The van der Waals surface area contributed by atoms with Gasteiger partial charge in [-0.3, -0.25) is 14.9 Å². The van der Waals surface area contributed by atoms with Crippen LogP contribution in [0.5, 0.6) is 5.75 Å². The van der Waals surface area contributed by atoms with Crippen LogP contribution < -0.4 is 4.74 Å². The van der Waals surface area contributed by atoms with Crippen LogP contribution in [-0.4, -0.2) is 17.3 Å². The molecule has 2 rings (SSSR count). The van der Waals surface area contributed by atoms with E-state index in [1.54, 1.807) is 6.07 Å². The molecule has 7 heteroatoms. The number of rotatable bonds is 5. The van der Waals surface area contributed by atoms with Gasteiger partial charge in [0.1, 0.15) is 5.82 Å². The van der Waals surface area contributed by atoms with E-state index < -0.39 is 16.5 Å². The summed E-state index contributed by atoms with van der Waals surface area (Å²) in [5.74, 6) is -0.869. The molecule has 0 saturated carbocycles. The summed E-state index contributed by atoms with van der Waals surface area (Å²) in [6, 6.07) is 9.33. The lowest BCUT2D eigenvalue weighted by Crippen LogP contribution is -2.12. The third-order valence-corrected chi connectivity index (χ3v) is 3.28. The molecule has 108 valence electrons. The average molecular weight is 354 g/mol. The van der Waals surface area contributed by atoms with Crippen molar-refractivity contribution in [2.24, 2.45) is 0 Å². The summed E-state index contributed by atoms with van der Waals surface area (Å²) in [6.07, 6.45) is 0. The number of Topliss-reactive ketones (excluding diaryl/α,β-unsaturated/α-hetero) is 1. The number of nitro benzene ring substituents is 1. The summed E-state index contributed by atoms with van der Waals surface area (Å²) >= 11 is 3.14. The molecule has 0 spiro atoms. The Bertz CT molecular complexity index is 688. The lowest BCUT2D eigenvalue weighted by atomic mass is 10.1. The van der Waals surface area contributed by atoms with E-state index in [4.69, 9.17) is 4.74 Å². The molecule has 0 saturated heterocycles. The van der Waals surface area contributed by atoms with Gasteiger partial charge in [0.2, 0.25) is 5.75 Å². The van der Waals surface area contributed by atoms with Gasteiger partial charge in [0.25, 0.3) is 0 Å². The molecule has 0 N–H and O–H groups in total. The van der Waals surface area contributed by atoms with E-state index >= 15 is 0 Å². The molecule has 21 heavy (non-hydrogen) atoms. The molecule has 0 aromatic heterocycles. The maximum absolute atomic E-state index is 12.8. The highest BCUT2D eigenvalue weighted by molar-refractivity contribution is 9.10. The number of para-hydroxylation sites is 1. The van der Waals surface area contributed by atoms with Crippen LogP contribution in [0.3, 0.4) is 0 Å². The molecule has 0 bridgehead atoms. The quantitative estimate of drug-likeness (QED) is 0.466. The van der Waals surface area contributed by atoms with Crippen molar-refractivity contribution in [3.05, 3.63) is 68.4 Å². The van der Waals surface area contributed by atoms with E-state index in [-0.39, 0.29) is 23.6 Å². The highest BCUT2D eigenvalue weighted by Gasteiger charge is 2.19. The third kappa shape index (κ3) is 3.63. The zero-order valence-corrected chi connectivity index (χ0v) is 12.2. The number of ketones is 1. The van der Waals surface area contributed by atoms with Crippen molar-refractivity contribution in [3.63, 3.8) is 0 Å². The van der Waals surface area contributed by atoms with Crippen LogP contribution >= 0.6 is 15.9 Å². The number of nitro groups is 1. The van der Waals surface area contributed by atoms with Crippen molar-refractivity contribution in [1.29, 1.82) is 0 Å². The predicted molar refractivity (Wildman–Crippen MR) is 77.0 cm³/mol. The molecule has 2 aromatic carbocycles. The van der Waals surface area contributed by atoms with Crippen LogP contribution in [0, 0.1) is 15.9 Å². The molecule has 0 atom stereocenters. The Hall–Kier alpha value is -2.28. The fourth-order valence-corrected chi connectivity index (χ4v) is 2.11. The lowest BCUT2D eigenvalue weighted by molar-refractivity contribution is -0.385. The molecule has 0 fully saturated rings. The number of hydrogen-bond acceptors (Lipinski definition) is 4. The smallest absolute Gasteiger partial charge is 0.312 e. The second kappa shape index (κ2) is 6.45. The normalized spacial score (nSPS) is 10.2.